The minimum absolute atomic E-state index is 0.0379. The number of nitrogens with zero attached hydrogens (tertiary/aromatic N) is 3. The van der Waals surface area contributed by atoms with Crippen molar-refractivity contribution in [2.75, 3.05) is 6.61 Å². The Balaban J connectivity index is 3.24. The molecule has 1 rings (SSSR count). The lowest BCUT2D eigenvalue weighted by atomic mass is 10.2. The molecule has 18 heavy (non-hydrogen) atoms. The fourth-order valence-electron chi connectivity index (χ4n) is 1.69. The second kappa shape index (κ2) is 5.17. The maximum Gasteiger partial charge on any atom is 0.346 e. The van der Waals surface area contributed by atoms with E-state index in [-0.39, 0.29) is 12.0 Å². The molecule has 0 unspecified atom stereocenters. The Kier molecular flexibility index (Phi) is 4.26. The molecule has 0 amide bonds. The van der Waals surface area contributed by atoms with Gasteiger partial charge in [0.15, 0.2) is 0 Å². The minimum Gasteiger partial charge on any atom is -0.390 e. The summed E-state index contributed by atoms with van der Waals surface area (Å²) in [5.74, 6) is -2.90. The van der Waals surface area contributed by atoms with Crippen molar-refractivity contribution in [1.29, 1.82) is 0 Å². The number of aliphatic hydroxyl groups is 1. The first-order valence-electron chi connectivity index (χ1n) is 5.87. The number of hydrogen-bond acceptors (Lipinski definition) is 3. The van der Waals surface area contributed by atoms with Crippen LogP contribution in [0.15, 0.2) is 4.79 Å². The minimum atomic E-state index is -3.34. The molecule has 1 N–H and O–H groups in total. The highest BCUT2D eigenvalue weighted by molar-refractivity contribution is 4.96. The maximum atomic E-state index is 13.1. The van der Waals surface area contributed by atoms with E-state index in [2.05, 4.69) is 5.10 Å². The van der Waals surface area contributed by atoms with E-state index in [1.807, 2.05) is 13.8 Å². The van der Waals surface area contributed by atoms with Crippen LogP contribution in [0.5, 0.6) is 0 Å². The van der Waals surface area contributed by atoms with Crippen LogP contribution in [0.4, 0.5) is 8.78 Å². The first kappa shape index (κ1) is 14.8. The Hall–Kier alpha value is -1.24. The molecule has 1 aromatic rings. The average molecular weight is 263 g/mol. The summed E-state index contributed by atoms with van der Waals surface area (Å²) in [6.45, 7) is 5.07. The number of rotatable bonds is 5. The van der Waals surface area contributed by atoms with Gasteiger partial charge in [-0.1, -0.05) is 13.8 Å². The third-order valence-corrected chi connectivity index (χ3v) is 2.54. The summed E-state index contributed by atoms with van der Waals surface area (Å²) in [6, 6.07) is -0.147. The summed E-state index contributed by atoms with van der Waals surface area (Å²) in [6.07, 6.45) is 0. The predicted molar refractivity (Wildman–Crippen MR) is 63.0 cm³/mol. The summed E-state index contributed by atoms with van der Waals surface area (Å²) in [5.41, 5.74) is -0.568. The largest absolute Gasteiger partial charge is 0.390 e. The molecule has 0 fully saturated rings. The molecule has 0 spiro atoms. The Bertz CT molecular complexity index is 463. The zero-order valence-corrected chi connectivity index (χ0v) is 11.0. The van der Waals surface area contributed by atoms with Crippen molar-refractivity contribution >= 4 is 0 Å². The molecule has 1 aromatic heterocycles. The van der Waals surface area contributed by atoms with Crippen molar-refractivity contribution in [3.63, 3.8) is 0 Å². The van der Waals surface area contributed by atoms with Gasteiger partial charge in [0.05, 0.1) is 0 Å². The van der Waals surface area contributed by atoms with Crippen molar-refractivity contribution in [3.05, 3.63) is 16.3 Å². The molecule has 0 radical (unpaired) electrons. The van der Waals surface area contributed by atoms with E-state index in [4.69, 9.17) is 5.11 Å². The lowest BCUT2D eigenvalue weighted by Crippen LogP contribution is -2.35. The van der Waals surface area contributed by atoms with E-state index >= 15 is 0 Å². The molecule has 0 saturated carbocycles. The monoisotopic (exact) mass is 263 g/mol. The van der Waals surface area contributed by atoms with Gasteiger partial charge in [-0.25, -0.2) is 18.3 Å². The standard InChI is InChI=1S/C11H19F2N3O2/c1-7(2)9-14-15(5-11(12,13)6-17)10(18)16(9)8(3)4/h7-8,17H,5-6H2,1-4H3. The van der Waals surface area contributed by atoms with Gasteiger partial charge in [0, 0.05) is 12.0 Å². The number of hydrogen-bond donors (Lipinski definition) is 1. The molecule has 7 heteroatoms. The molecule has 104 valence electrons. The number of aromatic nitrogens is 3. The highest BCUT2D eigenvalue weighted by Crippen LogP contribution is 2.17. The van der Waals surface area contributed by atoms with Crippen LogP contribution in [0, 0.1) is 0 Å². The smallest absolute Gasteiger partial charge is 0.346 e. The highest BCUT2D eigenvalue weighted by atomic mass is 19.3. The lowest BCUT2D eigenvalue weighted by molar-refractivity contribution is -0.0660. The summed E-state index contributed by atoms with van der Waals surface area (Å²) >= 11 is 0. The van der Waals surface area contributed by atoms with Gasteiger partial charge in [0.2, 0.25) is 0 Å². The van der Waals surface area contributed by atoms with E-state index < -0.39 is 24.8 Å². The second-order valence-electron chi connectivity index (χ2n) is 4.93. The van der Waals surface area contributed by atoms with Crippen molar-refractivity contribution in [3.8, 4) is 0 Å². The molecule has 0 aliphatic heterocycles. The van der Waals surface area contributed by atoms with E-state index in [0.29, 0.717) is 5.82 Å². The van der Waals surface area contributed by atoms with E-state index in [0.717, 1.165) is 4.68 Å². The quantitative estimate of drug-likeness (QED) is 0.873. The fourth-order valence-corrected chi connectivity index (χ4v) is 1.69. The Morgan fingerprint density at radius 2 is 1.89 bits per heavy atom. The number of halogens is 2. The molecule has 0 bridgehead atoms. The summed E-state index contributed by atoms with van der Waals surface area (Å²) in [5, 5.41) is 12.5. The van der Waals surface area contributed by atoms with E-state index in [1.165, 1.54) is 4.57 Å². The van der Waals surface area contributed by atoms with Crippen LogP contribution in [0.2, 0.25) is 0 Å². The van der Waals surface area contributed by atoms with Crippen molar-refractivity contribution in [1.82, 2.24) is 14.3 Å². The Labute approximate surface area is 104 Å². The van der Waals surface area contributed by atoms with Gasteiger partial charge in [-0.3, -0.25) is 4.57 Å². The van der Waals surface area contributed by atoms with Gasteiger partial charge in [-0.05, 0) is 13.8 Å². The Morgan fingerprint density at radius 1 is 1.33 bits per heavy atom. The van der Waals surface area contributed by atoms with Gasteiger partial charge in [-0.15, -0.1) is 0 Å². The molecule has 0 atom stereocenters. The Morgan fingerprint density at radius 3 is 2.22 bits per heavy atom. The molecule has 0 aliphatic carbocycles. The number of aliphatic hydroxyl groups excluding tert-OH is 1. The van der Waals surface area contributed by atoms with Gasteiger partial charge in [0.25, 0.3) is 5.92 Å². The van der Waals surface area contributed by atoms with Crippen LogP contribution in [0.1, 0.15) is 45.5 Å². The third-order valence-electron chi connectivity index (χ3n) is 2.54. The first-order chi connectivity index (χ1) is 8.19. The molecular formula is C11H19F2N3O2. The topological polar surface area (TPSA) is 60.0 Å². The van der Waals surface area contributed by atoms with Crippen molar-refractivity contribution < 1.29 is 13.9 Å². The summed E-state index contributed by atoms with van der Waals surface area (Å²) < 4.78 is 28.3. The molecular weight excluding hydrogens is 244 g/mol. The molecule has 1 heterocycles. The van der Waals surface area contributed by atoms with Crippen molar-refractivity contribution in [2.24, 2.45) is 0 Å². The molecule has 0 aliphatic rings. The van der Waals surface area contributed by atoms with E-state index in [1.54, 1.807) is 13.8 Å². The molecule has 0 aromatic carbocycles. The van der Waals surface area contributed by atoms with Crippen LogP contribution in [0.3, 0.4) is 0 Å². The lowest BCUT2D eigenvalue weighted by Gasteiger charge is -2.11. The summed E-state index contributed by atoms with van der Waals surface area (Å²) in [4.78, 5) is 12.0. The highest BCUT2D eigenvalue weighted by Gasteiger charge is 2.31. The van der Waals surface area contributed by atoms with Crippen LogP contribution >= 0.6 is 0 Å². The zero-order valence-electron chi connectivity index (χ0n) is 11.0. The summed E-state index contributed by atoms with van der Waals surface area (Å²) in [7, 11) is 0. The normalized spacial score (nSPS) is 12.7. The van der Waals surface area contributed by atoms with Gasteiger partial charge < -0.3 is 5.11 Å². The maximum absolute atomic E-state index is 13.1. The molecule has 5 nitrogen and oxygen atoms in total. The van der Waals surface area contributed by atoms with Crippen molar-refractivity contribution in [2.45, 2.75) is 52.1 Å². The SMILES string of the molecule is CC(C)c1nn(CC(F)(F)CO)c(=O)n1C(C)C. The van der Waals surface area contributed by atoms with Gasteiger partial charge >= 0.3 is 5.69 Å². The van der Waals surface area contributed by atoms with Gasteiger partial charge in [0.1, 0.15) is 19.0 Å². The van der Waals surface area contributed by atoms with Crippen LogP contribution in [-0.4, -0.2) is 32.0 Å². The fraction of sp³-hybridized carbons (Fsp3) is 0.818. The van der Waals surface area contributed by atoms with Crippen LogP contribution < -0.4 is 5.69 Å². The van der Waals surface area contributed by atoms with Crippen LogP contribution in [-0.2, 0) is 6.54 Å². The average Bonchev–Trinajstić information content (AvgIpc) is 2.56. The third kappa shape index (κ3) is 2.95. The first-order valence-corrected chi connectivity index (χ1v) is 5.87. The molecule has 0 saturated heterocycles. The second-order valence-corrected chi connectivity index (χ2v) is 4.93. The number of alkyl halides is 2. The van der Waals surface area contributed by atoms with Crippen LogP contribution in [0.25, 0.3) is 0 Å². The van der Waals surface area contributed by atoms with Gasteiger partial charge in [-0.2, -0.15) is 5.10 Å². The predicted octanol–water partition coefficient (Wildman–Crippen LogP) is 1.38. The van der Waals surface area contributed by atoms with E-state index in [9.17, 15) is 13.6 Å². The zero-order chi connectivity index (χ0) is 14.1.